The van der Waals surface area contributed by atoms with E-state index in [0.29, 0.717) is 22.8 Å². The van der Waals surface area contributed by atoms with Crippen molar-refractivity contribution in [3.05, 3.63) is 58.8 Å². The topological polar surface area (TPSA) is 132 Å². The van der Waals surface area contributed by atoms with Crippen LogP contribution in [0.3, 0.4) is 0 Å². The molecule has 30 heavy (non-hydrogen) atoms. The van der Waals surface area contributed by atoms with Gasteiger partial charge in [0.2, 0.25) is 11.8 Å². The molecule has 0 spiro atoms. The summed E-state index contributed by atoms with van der Waals surface area (Å²) in [4.78, 5) is 30.4. The lowest BCUT2D eigenvalue weighted by atomic mass is 10.2. The van der Waals surface area contributed by atoms with Crippen molar-refractivity contribution < 1.29 is 9.59 Å². The minimum atomic E-state index is -0.352. The number of pyridine rings is 1. The van der Waals surface area contributed by atoms with Gasteiger partial charge in [-0.25, -0.2) is 4.68 Å². The van der Waals surface area contributed by atoms with E-state index in [9.17, 15) is 9.59 Å². The van der Waals surface area contributed by atoms with Gasteiger partial charge in [0.25, 0.3) is 0 Å². The molecule has 0 aromatic carbocycles. The predicted octanol–water partition coefficient (Wildman–Crippen LogP) is 1.67. The quantitative estimate of drug-likeness (QED) is 0.598. The van der Waals surface area contributed by atoms with Crippen molar-refractivity contribution in [1.29, 1.82) is 0 Å². The molecule has 2 aromatic rings. The van der Waals surface area contributed by atoms with Crippen LogP contribution in [-0.2, 0) is 16.1 Å². The van der Waals surface area contributed by atoms with Crippen molar-refractivity contribution in [3.63, 3.8) is 0 Å². The van der Waals surface area contributed by atoms with Crippen molar-refractivity contribution in [3.8, 4) is 0 Å². The van der Waals surface area contributed by atoms with E-state index in [0.717, 1.165) is 24.5 Å². The van der Waals surface area contributed by atoms with Crippen LogP contribution in [0.4, 0.5) is 5.82 Å². The number of carbonyl (C=O) groups is 2. The van der Waals surface area contributed by atoms with Crippen molar-refractivity contribution in [2.45, 2.75) is 32.7 Å². The molecule has 158 valence electrons. The van der Waals surface area contributed by atoms with Crippen molar-refractivity contribution in [2.24, 2.45) is 11.5 Å². The Labute approximate surface area is 179 Å². The van der Waals surface area contributed by atoms with Gasteiger partial charge in [-0.2, -0.15) is 5.10 Å². The summed E-state index contributed by atoms with van der Waals surface area (Å²) in [5.41, 5.74) is 13.7. The van der Waals surface area contributed by atoms with Crippen molar-refractivity contribution >= 4 is 34.9 Å². The maximum atomic E-state index is 12.6. The zero-order chi connectivity index (χ0) is 21.7. The van der Waals surface area contributed by atoms with Crippen molar-refractivity contribution in [2.75, 3.05) is 11.4 Å². The molecule has 0 bridgehead atoms. The number of nitrogens with two attached hydrogens (primary N) is 2. The van der Waals surface area contributed by atoms with E-state index in [1.165, 1.54) is 12.3 Å². The number of aromatic nitrogens is 3. The maximum Gasteiger partial charge on any atom is 0.228 e. The van der Waals surface area contributed by atoms with Crippen LogP contribution >= 0.6 is 11.6 Å². The molecule has 0 atom stereocenters. The molecule has 2 amide bonds. The number of hydrogen-bond donors (Lipinski definition) is 3. The molecule has 1 aliphatic heterocycles. The number of rotatable bonds is 6. The molecular formula is C20H24ClN7O2. The molecule has 0 unspecified atom stereocenters. The van der Waals surface area contributed by atoms with Crippen LogP contribution in [0.2, 0.25) is 5.02 Å². The highest BCUT2D eigenvalue weighted by Crippen LogP contribution is 2.22. The first-order valence-electron chi connectivity index (χ1n) is 9.52. The molecule has 0 fully saturated rings. The highest BCUT2D eigenvalue weighted by Gasteiger charge is 2.24. The van der Waals surface area contributed by atoms with Crippen molar-refractivity contribution in [1.82, 2.24) is 20.1 Å². The Balaban J connectivity index is 1.52. The summed E-state index contributed by atoms with van der Waals surface area (Å²) in [7, 11) is 0. The molecule has 2 aromatic heterocycles. The van der Waals surface area contributed by atoms with E-state index in [2.05, 4.69) is 15.4 Å². The van der Waals surface area contributed by atoms with Gasteiger partial charge in [-0.1, -0.05) is 11.6 Å². The molecular weight excluding hydrogens is 406 g/mol. The van der Waals surface area contributed by atoms with Gasteiger partial charge in [-0.3, -0.25) is 19.5 Å². The molecule has 1 aliphatic rings. The van der Waals surface area contributed by atoms with Crippen LogP contribution in [0.15, 0.2) is 42.5 Å². The summed E-state index contributed by atoms with van der Waals surface area (Å²) in [6.07, 6.45) is 7.03. The lowest BCUT2D eigenvalue weighted by Crippen LogP contribution is -2.38. The second-order valence-corrected chi connectivity index (χ2v) is 7.39. The molecule has 5 N–H and O–H groups in total. The number of fused-ring (bicyclic) bond motifs is 1. The Morgan fingerprint density at radius 2 is 2.00 bits per heavy atom. The highest BCUT2D eigenvalue weighted by molar-refractivity contribution is 6.30. The standard InChI is InChI=1S/C20H24ClN7O2/c1-13-9-19-27(7-2-8-28(19)26-13)20(30)6-5-18(29)25-17(23)4-3-16(22)14-10-15(21)12-24-11-14/h3-4,9-12H,2,5-8,22-23H2,1H3,(H,25,29)/b16-3-,17-4+. The number of hydrogen-bond acceptors (Lipinski definition) is 6. The number of aryl methyl sites for hydroxylation is 2. The summed E-state index contributed by atoms with van der Waals surface area (Å²) in [6.45, 7) is 3.30. The lowest BCUT2D eigenvalue weighted by Gasteiger charge is -2.27. The van der Waals surface area contributed by atoms with E-state index >= 15 is 0 Å². The van der Waals surface area contributed by atoms with E-state index in [1.807, 2.05) is 17.7 Å². The smallest absolute Gasteiger partial charge is 0.228 e. The monoisotopic (exact) mass is 429 g/mol. The van der Waals surface area contributed by atoms with Crippen LogP contribution in [0, 0.1) is 6.92 Å². The Morgan fingerprint density at radius 3 is 2.77 bits per heavy atom. The summed E-state index contributed by atoms with van der Waals surface area (Å²) in [5, 5.41) is 7.39. The minimum Gasteiger partial charge on any atom is -0.398 e. The Bertz CT molecular complexity index is 1010. The average Bonchev–Trinajstić information content (AvgIpc) is 3.10. The van der Waals surface area contributed by atoms with E-state index in [-0.39, 0.29) is 30.5 Å². The lowest BCUT2D eigenvalue weighted by molar-refractivity contribution is -0.124. The second kappa shape index (κ2) is 9.45. The fraction of sp³-hybridized carbons (Fsp3) is 0.300. The third kappa shape index (κ3) is 5.38. The van der Waals surface area contributed by atoms with Gasteiger partial charge in [0.05, 0.1) is 10.7 Å². The number of nitrogens with one attached hydrogen (secondary N) is 1. The normalized spacial score (nSPS) is 14.4. The summed E-state index contributed by atoms with van der Waals surface area (Å²) >= 11 is 5.89. The Morgan fingerprint density at radius 1 is 1.20 bits per heavy atom. The fourth-order valence-electron chi connectivity index (χ4n) is 3.13. The summed E-state index contributed by atoms with van der Waals surface area (Å²) < 4.78 is 1.82. The molecule has 0 radical (unpaired) electrons. The van der Waals surface area contributed by atoms with Gasteiger partial charge in [0, 0.05) is 55.7 Å². The first-order valence-corrected chi connectivity index (χ1v) is 9.90. The second-order valence-electron chi connectivity index (χ2n) is 6.95. The Kier molecular flexibility index (Phi) is 6.73. The summed E-state index contributed by atoms with van der Waals surface area (Å²) in [6, 6.07) is 3.55. The third-order valence-corrected chi connectivity index (χ3v) is 4.75. The first-order chi connectivity index (χ1) is 14.3. The largest absolute Gasteiger partial charge is 0.398 e. The molecule has 3 heterocycles. The zero-order valence-electron chi connectivity index (χ0n) is 16.6. The summed E-state index contributed by atoms with van der Waals surface area (Å²) in [5.74, 6) is 0.429. The van der Waals surface area contributed by atoms with E-state index in [1.54, 1.807) is 23.2 Å². The van der Waals surface area contributed by atoms with Gasteiger partial charge in [-0.15, -0.1) is 0 Å². The number of nitrogens with zero attached hydrogens (tertiary/aromatic N) is 4. The van der Waals surface area contributed by atoms with Gasteiger partial charge in [0.15, 0.2) is 0 Å². The fourth-order valence-corrected chi connectivity index (χ4v) is 3.30. The van der Waals surface area contributed by atoms with Crippen LogP contribution in [0.1, 0.15) is 30.5 Å². The number of carbonyl (C=O) groups excluding carboxylic acids is 2. The number of amides is 2. The van der Waals surface area contributed by atoms with Gasteiger partial charge in [0.1, 0.15) is 11.6 Å². The zero-order valence-corrected chi connectivity index (χ0v) is 17.4. The molecule has 0 saturated heterocycles. The van der Waals surface area contributed by atoms with E-state index < -0.39 is 0 Å². The van der Waals surface area contributed by atoms with Crippen LogP contribution < -0.4 is 21.7 Å². The molecule has 10 heteroatoms. The minimum absolute atomic E-state index is 0.0222. The number of halogens is 1. The number of anilines is 1. The third-order valence-electron chi connectivity index (χ3n) is 4.54. The van der Waals surface area contributed by atoms with Crippen LogP contribution in [-0.4, -0.2) is 33.1 Å². The van der Waals surface area contributed by atoms with Gasteiger partial charge >= 0.3 is 0 Å². The maximum absolute atomic E-state index is 12.6. The van der Waals surface area contributed by atoms with Crippen LogP contribution in [0.5, 0.6) is 0 Å². The molecule has 0 aliphatic carbocycles. The predicted molar refractivity (Wildman–Crippen MR) is 115 cm³/mol. The number of allylic oxidation sites excluding steroid dienone is 2. The van der Waals surface area contributed by atoms with Crippen LogP contribution in [0.25, 0.3) is 5.70 Å². The SMILES string of the molecule is Cc1cc2n(n1)CCCN2C(=O)CCC(=O)N/C(N)=C/C=C(\N)c1cncc(Cl)c1. The molecule has 9 nitrogen and oxygen atoms in total. The molecule has 0 saturated carbocycles. The Hall–Kier alpha value is -3.33. The highest BCUT2D eigenvalue weighted by atomic mass is 35.5. The van der Waals surface area contributed by atoms with Gasteiger partial charge in [-0.05, 0) is 31.6 Å². The first kappa shape index (κ1) is 21.4. The molecule has 3 rings (SSSR count). The average molecular weight is 430 g/mol. The van der Waals surface area contributed by atoms with E-state index in [4.69, 9.17) is 23.1 Å². The van der Waals surface area contributed by atoms with Gasteiger partial charge < -0.3 is 16.8 Å².